The Morgan fingerprint density at radius 1 is 0.698 bits per heavy atom. The Morgan fingerprint density at radius 2 is 1.14 bits per heavy atom. The van der Waals surface area contributed by atoms with Crippen molar-refractivity contribution >= 4 is 18.6 Å². The average molecular weight is 619 g/mol. The van der Waals surface area contributed by atoms with E-state index in [1.54, 1.807) is 0 Å². The summed E-state index contributed by atoms with van der Waals surface area (Å²) in [5.41, 5.74) is 2.10. The van der Waals surface area contributed by atoms with Crippen LogP contribution in [0.1, 0.15) is 32.6 Å². The maximum absolute atomic E-state index is 5.44. The summed E-state index contributed by atoms with van der Waals surface area (Å²) in [7, 11) is 2.15. The van der Waals surface area contributed by atoms with E-state index in [1.807, 2.05) is 60.7 Å². The first kappa shape index (κ1) is 34.8. The van der Waals surface area contributed by atoms with Crippen molar-refractivity contribution in [3.8, 4) is 0 Å². The van der Waals surface area contributed by atoms with Crippen LogP contribution in [-0.4, -0.2) is 33.3 Å². The van der Waals surface area contributed by atoms with Crippen LogP contribution in [0, 0.1) is 37.3 Å². The van der Waals surface area contributed by atoms with Gasteiger partial charge in [0.05, 0.1) is 0 Å². The molecule has 0 bridgehead atoms. The molecule has 1 aliphatic heterocycles. The molecule has 4 heteroatoms. The van der Waals surface area contributed by atoms with E-state index in [2.05, 4.69) is 105 Å². The molecule has 0 N–H and O–H groups in total. The summed E-state index contributed by atoms with van der Waals surface area (Å²) in [5.74, 6) is 2.33. The first-order chi connectivity index (χ1) is 20.2. The molecule has 0 aromatic heterocycles. The van der Waals surface area contributed by atoms with Crippen LogP contribution in [0.5, 0.6) is 0 Å². The molecule has 4 aromatic carbocycles. The fourth-order valence-electron chi connectivity index (χ4n) is 7.79. The molecule has 2 aliphatic carbocycles. The second-order valence-corrected chi connectivity index (χ2v) is 15.3. The van der Waals surface area contributed by atoms with E-state index in [-0.39, 0.29) is 29.1 Å². The second kappa shape index (κ2) is 17.0. The van der Waals surface area contributed by atoms with Gasteiger partial charge in [-0.25, -0.2) is 0 Å². The molecule has 0 saturated heterocycles. The largest absolute Gasteiger partial charge is 4.00 e. The molecule has 5 atom stereocenters. The number of rotatable bonds is 4. The van der Waals surface area contributed by atoms with E-state index in [4.69, 9.17) is 4.98 Å². The molecule has 1 heterocycles. The molecule has 2 fully saturated rings. The van der Waals surface area contributed by atoms with Gasteiger partial charge in [0.25, 0.3) is 0 Å². The minimum atomic E-state index is -2.30. The zero-order valence-electron chi connectivity index (χ0n) is 26.2. The van der Waals surface area contributed by atoms with E-state index in [1.165, 1.54) is 41.8 Å². The molecular weight excluding hydrogens is 572 g/mol. The minimum absolute atomic E-state index is 0. The molecular formula is C39H46N2SiTi. The summed E-state index contributed by atoms with van der Waals surface area (Å²) >= 11 is 0. The maximum Gasteiger partial charge on any atom is 4.00 e. The van der Waals surface area contributed by atoms with Gasteiger partial charge < -0.3 is 17.3 Å². The number of fused-ring (bicyclic) bond motifs is 3. The van der Waals surface area contributed by atoms with Gasteiger partial charge in [-0.05, 0) is 30.7 Å². The first-order valence-electron chi connectivity index (χ1n) is 15.1. The third-order valence-electron chi connectivity index (χ3n) is 9.51. The number of benzene rings is 4. The van der Waals surface area contributed by atoms with Crippen molar-refractivity contribution in [2.45, 2.75) is 44.2 Å². The van der Waals surface area contributed by atoms with Gasteiger partial charge in [-0.15, -0.1) is 0 Å². The summed E-state index contributed by atoms with van der Waals surface area (Å²) < 4.78 is 0. The van der Waals surface area contributed by atoms with Gasteiger partial charge in [0.15, 0.2) is 0 Å². The van der Waals surface area contributed by atoms with Crippen molar-refractivity contribution in [1.29, 1.82) is 0 Å². The Balaban J connectivity index is 0.000000302. The summed E-state index contributed by atoms with van der Waals surface area (Å²) in [6.45, 7) is 2.31. The van der Waals surface area contributed by atoms with E-state index >= 15 is 0 Å². The van der Waals surface area contributed by atoms with Gasteiger partial charge in [-0.3, -0.25) is 0 Å². The van der Waals surface area contributed by atoms with Crippen LogP contribution in [0.3, 0.4) is 0 Å². The quantitative estimate of drug-likeness (QED) is 0.167. The number of allylic oxidation sites excluding steroid dienone is 1. The Hall–Kier alpha value is -2.69. The summed E-state index contributed by atoms with van der Waals surface area (Å²) in [4.78, 5) is 8.06. The van der Waals surface area contributed by atoms with Gasteiger partial charge in [0.2, 0.25) is 0 Å². The predicted octanol–water partition coefficient (Wildman–Crippen LogP) is 8.20. The maximum atomic E-state index is 5.44. The van der Waals surface area contributed by atoms with E-state index in [9.17, 15) is 0 Å². The zero-order valence-corrected chi connectivity index (χ0v) is 28.8. The van der Waals surface area contributed by atoms with Crippen LogP contribution >= 0.6 is 0 Å². The SMILES string of the molecule is C[N-][Si](c1ccccc1)(c1ccccc1)C1C2CCCCC2C2C=C(C)N(C)C21.[CH3-].[Ti+4].[c-]1ccccc1.[c-]1ccccc1. The Kier molecular flexibility index (Phi) is 13.7. The number of nitrogens with zero attached hydrogens (tertiary/aromatic N) is 2. The fourth-order valence-corrected chi connectivity index (χ4v) is 13.1. The summed E-state index contributed by atoms with van der Waals surface area (Å²) in [6.07, 6.45) is 8.19. The van der Waals surface area contributed by atoms with Crippen LogP contribution in [0.25, 0.3) is 4.98 Å². The molecule has 43 heavy (non-hydrogen) atoms. The van der Waals surface area contributed by atoms with E-state index in [0.717, 1.165) is 11.8 Å². The molecule has 4 aromatic rings. The molecule has 7 rings (SSSR count). The van der Waals surface area contributed by atoms with Crippen molar-refractivity contribution in [3.05, 3.63) is 158 Å². The normalized spacial score (nSPS) is 23.4. The van der Waals surface area contributed by atoms with Crippen molar-refractivity contribution in [2.24, 2.45) is 17.8 Å². The summed E-state index contributed by atoms with van der Waals surface area (Å²) in [6, 6.07) is 48.2. The average Bonchev–Trinajstić information content (AvgIpc) is 3.54. The molecule has 0 amide bonds. The second-order valence-electron chi connectivity index (χ2n) is 11.5. The Bertz CT molecular complexity index is 1210. The number of hydrogen-bond donors (Lipinski definition) is 0. The smallest absolute Gasteiger partial charge is 0.659 e. The predicted molar refractivity (Wildman–Crippen MR) is 182 cm³/mol. The van der Waals surface area contributed by atoms with E-state index < -0.39 is 8.24 Å². The van der Waals surface area contributed by atoms with Gasteiger partial charge in [0.1, 0.15) is 0 Å². The van der Waals surface area contributed by atoms with Crippen LogP contribution in [0.15, 0.2) is 133 Å². The molecule has 5 unspecified atom stereocenters. The molecule has 0 spiro atoms. The first-order valence-corrected chi connectivity index (χ1v) is 17.2. The molecule has 2 saturated carbocycles. The van der Waals surface area contributed by atoms with E-state index in [0.29, 0.717) is 17.5 Å². The number of hydrogen-bond acceptors (Lipinski definition) is 1. The van der Waals surface area contributed by atoms with Gasteiger partial charge in [-0.1, -0.05) is 96.4 Å². The molecule has 3 aliphatic rings. The van der Waals surface area contributed by atoms with Gasteiger partial charge >= 0.3 is 21.7 Å². The Labute approximate surface area is 277 Å². The third kappa shape index (κ3) is 7.52. The topological polar surface area (TPSA) is 17.3 Å². The van der Waals surface area contributed by atoms with Gasteiger partial charge in [-0.2, -0.15) is 79.8 Å². The van der Waals surface area contributed by atoms with Crippen molar-refractivity contribution in [3.63, 3.8) is 0 Å². The fraction of sp³-hybridized carbons (Fsp3) is 0.308. The van der Waals surface area contributed by atoms with Gasteiger partial charge in [0, 0.05) is 32.9 Å². The standard InChI is InChI=1S/C26H33N2Si.2C6H5.CH3.Ti/c1-19-18-24-22-16-10-11-17-23(22)26(25(24)28(19)3)29(27-2,20-12-6-4-7-13-20)21-14-8-5-9-15-21;2*1-2-4-6-5-3-1;;/h4-9,12-15,18,22-26H,10-11,16-17H2,1-3H3;2*1-5H;1H3;/q4*-1;+4. The van der Waals surface area contributed by atoms with Crippen molar-refractivity contribution in [2.75, 3.05) is 14.1 Å². The van der Waals surface area contributed by atoms with Crippen molar-refractivity contribution < 1.29 is 21.7 Å². The van der Waals surface area contributed by atoms with Crippen molar-refractivity contribution in [1.82, 2.24) is 4.90 Å². The molecule has 0 radical (unpaired) electrons. The third-order valence-corrected chi connectivity index (χ3v) is 14.4. The monoisotopic (exact) mass is 618 g/mol. The molecule has 2 nitrogen and oxygen atoms in total. The zero-order chi connectivity index (χ0) is 28.5. The Morgan fingerprint density at radius 3 is 1.53 bits per heavy atom. The van der Waals surface area contributed by atoms with Crippen LogP contribution in [-0.2, 0) is 21.7 Å². The summed E-state index contributed by atoms with van der Waals surface area (Å²) in [5, 5.41) is 2.98. The molecule has 220 valence electrons. The van der Waals surface area contributed by atoms with Crippen LogP contribution < -0.4 is 10.4 Å². The minimum Gasteiger partial charge on any atom is -0.659 e. The van der Waals surface area contributed by atoms with Crippen LogP contribution in [0.2, 0.25) is 5.54 Å². The van der Waals surface area contributed by atoms with Crippen LogP contribution in [0.4, 0.5) is 0 Å².